The fourth-order valence-electron chi connectivity index (χ4n) is 7.47. The Morgan fingerprint density at radius 2 is 1.44 bits per heavy atom. The number of esters is 1. The molecule has 1 aromatic carbocycles. The molecular weight excluding hydrogens is 682 g/mol. The minimum absolute atomic E-state index is 0.0420. The lowest BCUT2D eigenvalue weighted by atomic mass is 9.77. The minimum atomic E-state index is -0.832. The van der Waals surface area contributed by atoms with Crippen LogP contribution in [0.25, 0.3) is 0 Å². The number of nitrogens with zero attached hydrogens (tertiary/aromatic N) is 1. The first-order valence-corrected chi connectivity index (χ1v) is 20.7. The molecule has 1 saturated carbocycles. The van der Waals surface area contributed by atoms with Gasteiger partial charge >= 0.3 is 5.97 Å². The predicted molar refractivity (Wildman–Crippen MR) is 212 cm³/mol. The highest BCUT2D eigenvalue weighted by molar-refractivity contribution is 6.38. The molecule has 9 nitrogen and oxygen atoms in total. The average Bonchev–Trinajstić information content (AvgIpc) is 3.64. The van der Waals surface area contributed by atoms with Crippen LogP contribution >= 0.6 is 0 Å². The highest BCUT2D eigenvalue weighted by atomic mass is 16.5. The molecule has 1 amide bonds. The quantitative estimate of drug-likeness (QED) is 0.0953. The Hall–Kier alpha value is -3.49. The number of amides is 1. The number of carbonyl (C=O) groups is 7. The van der Waals surface area contributed by atoms with Gasteiger partial charge in [0.25, 0.3) is 0 Å². The molecule has 9 heteroatoms. The van der Waals surface area contributed by atoms with E-state index >= 15 is 0 Å². The van der Waals surface area contributed by atoms with Crippen molar-refractivity contribution in [3.63, 3.8) is 0 Å². The van der Waals surface area contributed by atoms with Crippen LogP contribution in [0.15, 0.2) is 30.3 Å². The maximum absolute atomic E-state index is 14.0. The molecule has 3 rings (SSSR count). The number of carbonyl (C=O) groups excluding carboxylic acids is 7. The van der Waals surface area contributed by atoms with Crippen LogP contribution in [0, 0.1) is 23.2 Å². The Balaban J connectivity index is 0.00000325. The van der Waals surface area contributed by atoms with Crippen LogP contribution in [0.4, 0.5) is 0 Å². The molecule has 302 valence electrons. The second-order valence-electron chi connectivity index (χ2n) is 16.8. The Bertz CT molecular complexity index is 1390. The third-order valence-electron chi connectivity index (χ3n) is 10.6. The summed E-state index contributed by atoms with van der Waals surface area (Å²) < 4.78 is 5.75. The zero-order valence-corrected chi connectivity index (χ0v) is 34.6. The molecule has 0 spiro atoms. The van der Waals surface area contributed by atoms with Gasteiger partial charge in [-0.15, -0.1) is 0 Å². The lowest BCUT2D eigenvalue weighted by Crippen LogP contribution is -2.48. The van der Waals surface area contributed by atoms with Gasteiger partial charge in [-0.05, 0) is 55.9 Å². The van der Waals surface area contributed by atoms with Crippen LogP contribution in [0.1, 0.15) is 170 Å². The minimum Gasteiger partial charge on any atom is -0.462 e. The van der Waals surface area contributed by atoms with Gasteiger partial charge in [0.15, 0.2) is 11.6 Å². The SMILES string of the molecule is CCC.CCCCC(CC(=O)[C@@H]1CCCN1C(=O)[C@@H](CC(=O)OC1CCCCC1)C(C)(C)C)C(=O)C(=O)CCC(=O)C[C@H](C(=O)C(C)C)c1ccccc1. The molecular formula is C45H69NO8. The van der Waals surface area contributed by atoms with Gasteiger partial charge in [0, 0.05) is 50.0 Å². The molecule has 1 aromatic rings. The number of rotatable bonds is 20. The lowest BCUT2D eigenvalue weighted by Gasteiger charge is -2.35. The van der Waals surface area contributed by atoms with Crippen LogP contribution in [0.5, 0.6) is 0 Å². The third-order valence-corrected chi connectivity index (χ3v) is 10.6. The molecule has 1 heterocycles. The summed E-state index contributed by atoms with van der Waals surface area (Å²) >= 11 is 0. The van der Waals surface area contributed by atoms with Gasteiger partial charge in [-0.1, -0.05) is 111 Å². The molecule has 1 unspecified atom stereocenters. The van der Waals surface area contributed by atoms with E-state index in [0.29, 0.717) is 32.2 Å². The van der Waals surface area contributed by atoms with E-state index in [0.717, 1.165) is 44.1 Å². The molecule has 0 radical (unpaired) electrons. The molecule has 2 aliphatic rings. The Kier molecular flexibility index (Phi) is 20.3. The van der Waals surface area contributed by atoms with E-state index in [4.69, 9.17) is 4.74 Å². The Morgan fingerprint density at radius 3 is 2.02 bits per heavy atom. The van der Waals surface area contributed by atoms with Crippen molar-refractivity contribution in [2.24, 2.45) is 23.2 Å². The zero-order chi connectivity index (χ0) is 40.4. The van der Waals surface area contributed by atoms with Gasteiger partial charge in [0.2, 0.25) is 11.7 Å². The predicted octanol–water partition coefficient (Wildman–Crippen LogP) is 8.97. The van der Waals surface area contributed by atoms with Gasteiger partial charge in [0.05, 0.1) is 18.4 Å². The normalized spacial score (nSPS) is 17.9. The van der Waals surface area contributed by atoms with Gasteiger partial charge in [-0.25, -0.2) is 0 Å². The summed E-state index contributed by atoms with van der Waals surface area (Å²) in [5.74, 6) is -4.95. The van der Waals surface area contributed by atoms with Crippen molar-refractivity contribution in [1.82, 2.24) is 4.90 Å². The average molecular weight is 752 g/mol. The van der Waals surface area contributed by atoms with E-state index in [1.54, 1.807) is 18.7 Å². The maximum Gasteiger partial charge on any atom is 0.306 e. The molecule has 0 bridgehead atoms. The number of unbranched alkanes of at least 4 members (excludes halogenated alkanes) is 1. The molecule has 2 fully saturated rings. The number of benzene rings is 1. The molecule has 4 atom stereocenters. The van der Waals surface area contributed by atoms with Crippen molar-refractivity contribution >= 4 is 40.8 Å². The number of likely N-dealkylation sites (tertiary alicyclic amines) is 1. The number of Topliss-reactive ketones (excluding diaryl/α,β-unsaturated/α-hetero) is 5. The number of ketones is 5. The summed E-state index contributed by atoms with van der Waals surface area (Å²) in [6, 6.07) is 8.39. The highest BCUT2D eigenvalue weighted by Crippen LogP contribution is 2.35. The van der Waals surface area contributed by atoms with Crippen LogP contribution in [-0.2, 0) is 38.3 Å². The molecule has 1 aliphatic carbocycles. The van der Waals surface area contributed by atoms with Crippen molar-refractivity contribution in [1.29, 1.82) is 0 Å². The summed E-state index contributed by atoms with van der Waals surface area (Å²) in [5, 5.41) is 0. The largest absolute Gasteiger partial charge is 0.462 e. The van der Waals surface area contributed by atoms with Crippen LogP contribution < -0.4 is 0 Å². The molecule has 0 aromatic heterocycles. The third kappa shape index (κ3) is 15.0. The Morgan fingerprint density at radius 1 is 0.815 bits per heavy atom. The fourth-order valence-corrected chi connectivity index (χ4v) is 7.47. The second kappa shape index (κ2) is 23.4. The number of hydrogen-bond acceptors (Lipinski definition) is 8. The summed E-state index contributed by atoms with van der Waals surface area (Å²) in [7, 11) is 0. The van der Waals surface area contributed by atoms with Crippen molar-refractivity contribution in [2.75, 3.05) is 6.54 Å². The number of hydrogen-bond donors (Lipinski definition) is 0. The van der Waals surface area contributed by atoms with E-state index in [1.807, 2.05) is 58.0 Å². The van der Waals surface area contributed by atoms with Gasteiger partial charge in [0.1, 0.15) is 17.7 Å². The standard InChI is InChI=1S/C42H61NO8.C3H8/c1-7-8-16-30(40(49)36(45)23-22-31(44)26-33(39(48)28(2)3)29-17-11-9-12-18-29)25-37(46)35-21-15-24-43(35)41(50)34(42(4,5)6)27-38(47)51-32-19-13-10-14-20-32;1-3-2/h9,11-12,17-18,28,30,32-35H,7-8,10,13-16,19-27H2,1-6H3;3H2,1-2H3/t30?,33-,34+,35-;/m0./s1. The zero-order valence-electron chi connectivity index (χ0n) is 34.6. The molecule has 0 N–H and O–H groups in total. The van der Waals surface area contributed by atoms with Gasteiger partial charge < -0.3 is 9.64 Å². The topological polar surface area (TPSA) is 132 Å². The van der Waals surface area contributed by atoms with E-state index in [1.165, 1.54) is 6.42 Å². The molecule has 1 aliphatic heterocycles. The maximum atomic E-state index is 14.0. The second-order valence-corrected chi connectivity index (χ2v) is 16.8. The van der Waals surface area contributed by atoms with Crippen molar-refractivity contribution < 1.29 is 38.3 Å². The summed E-state index contributed by atoms with van der Waals surface area (Å²) in [5.41, 5.74) is 0.198. The first kappa shape index (κ1) is 46.7. The smallest absolute Gasteiger partial charge is 0.306 e. The molecule has 1 saturated heterocycles. The fraction of sp³-hybridized carbons (Fsp3) is 0.711. The Labute approximate surface area is 325 Å². The van der Waals surface area contributed by atoms with Crippen molar-refractivity contribution in [3.05, 3.63) is 35.9 Å². The van der Waals surface area contributed by atoms with E-state index in [9.17, 15) is 33.6 Å². The monoisotopic (exact) mass is 752 g/mol. The van der Waals surface area contributed by atoms with Crippen LogP contribution in [-0.4, -0.2) is 64.4 Å². The summed E-state index contributed by atoms with van der Waals surface area (Å²) in [6.45, 7) is 15.9. The molecule has 54 heavy (non-hydrogen) atoms. The number of ether oxygens (including phenoxy) is 1. The van der Waals surface area contributed by atoms with Crippen LogP contribution in [0.2, 0.25) is 0 Å². The van der Waals surface area contributed by atoms with E-state index in [2.05, 4.69) is 13.8 Å². The summed E-state index contributed by atoms with van der Waals surface area (Å²) in [6.07, 6.45) is 8.19. The van der Waals surface area contributed by atoms with Crippen molar-refractivity contribution in [3.8, 4) is 0 Å². The van der Waals surface area contributed by atoms with E-state index < -0.39 is 40.8 Å². The first-order valence-electron chi connectivity index (χ1n) is 20.7. The highest BCUT2D eigenvalue weighted by Gasteiger charge is 2.43. The van der Waals surface area contributed by atoms with Crippen molar-refractivity contribution in [2.45, 2.75) is 176 Å². The van der Waals surface area contributed by atoms with Gasteiger partial charge in [-0.2, -0.15) is 0 Å². The van der Waals surface area contributed by atoms with Crippen LogP contribution in [0.3, 0.4) is 0 Å². The van der Waals surface area contributed by atoms with Gasteiger partial charge in [-0.3, -0.25) is 33.6 Å². The summed E-state index contributed by atoms with van der Waals surface area (Å²) in [4.78, 5) is 95.1. The van der Waals surface area contributed by atoms with E-state index in [-0.39, 0.29) is 73.4 Å². The first-order chi connectivity index (χ1) is 25.5. The lowest BCUT2D eigenvalue weighted by molar-refractivity contribution is -0.157.